The summed E-state index contributed by atoms with van der Waals surface area (Å²) >= 11 is 0. The van der Waals surface area contributed by atoms with Gasteiger partial charge in [0, 0.05) is 11.1 Å². The lowest BCUT2D eigenvalue weighted by molar-refractivity contribution is -0.903. The lowest BCUT2D eigenvalue weighted by Crippen LogP contribution is -2.39. The van der Waals surface area contributed by atoms with E-state index in [-0.39, 0.29) is 0 Å². The Morgan fingerprint density at radius 1 is 0.446 bits per heavy atom. The Morgan fingerprint density at radius 3 is 1.36 bits per heavy atom. The fourth-order valence-corrected chi connectivity index (χ4v) is 7.08. The van der Waals surface area contributed by atoms with Gasteiger partial charge in [-0.1, -0.05) is 176 Å². The zero-order valence-corrected chi connectivity index (χ0v) is 34.8. The molecule has 0 aromatic heterocycles. The molecule has 0 aliphatic rings. The molecule has 0 spiro atoms. The number of nitrogens with zero attached hydrogens (tertiary/aromatic N) is 1. The molecule has 0 amide bonds. The molecule has 5 heteroatoms. The van der Waals surface area contributed by atoms with Gasteiger partial charge in [0.1, 0.15) is 23.8 Å². The minimum atomic E-state index is -0.963. The Bertz CT molecular complexity index is 1610. The van der Waals surface area contributed by atoms with Crippen LogP contribution in [0.3, 0.4) is 0 Å². The first-order valence-corrected chi connectivity index (χ1v) is 21.5. The van der Waals surface area contributed by atoms with E-state index in [0.717, 1.165) is 22.3 Å². The first-order chi connectivity index (χ1) is 27.5. The van der Waals surface area contributed by atoms with Crippen molar-refractivity contribution in [1.29, 1.82) is 0 Å². The van der Waals surface area contributed by atoms with Gasteiger partial charge in [-0.25, -0.2) is 0 Å². The van der Waals surface area contributed by atoms with E-state index in [4.69, 9.17) is 14.0 Å². The maximum Gasteiger partial charge on any atom is 0.864 e. The second-order valence-corrected chi connectivity index (χ2v) is 15.6. The average molecular weight is 754 g/mol. The number of rotatable bonds is 26. The minimum absolute atomic E-state index is 0.680. The molecule has 298 valence electrons. The van der Waals surface area contributed by atoms with Crippen molar-refractivity contribution < 1.29 is 18.4 Å². The fourth-order valence-electron chi connectivity index (χ4n) is 7.08. The third-order valence-corrected chi connectivity index (χ3v) is 10.2. The van der Waals surface area contributed by atoms with Crippen molar-refractivity contribution in [2.45, 2.75) is 116 Å². The van der Waals surface area contributed by atoms with Gasteiger partial charge >= 0.3 is 7.32 Å². The van der Waals surface area contributed by atoms with Crippen LogP contribution >= 0.6 is 0 Å². The summed E-state index contributed by atoms with van der Waals surface area (Å²) in [6, 6.07) is 48.8. The molecule has 0 saturated heterocycles. The molecular formula is C51H68BNO3. The van der Waals surface area contributed by atoms with Gasteiger partial charge in [0.25, 0.3) is 0 Å². The van der Waals surface area contributed by atoms with Crippen molar-refractivity contribution in [3.63, 3.8) is 0 Å². The Balaban J connectivity index is 0.00000106. The maximum atomic E-state index is 6.51. The molecule has 0 aliphatic heterocycles. The van der Waals surface area contributed by atoms with Crippen molar-refractivity contribution >= 4 is 7.32 Å². The highest BCUT2D eigenvalue weighted by Gasteiger charge is 2.31. The molecule has 0 fully saturated rings. The molecule has 0 atom stereocenters. The van der Waals surface area contributed by atoms with Gasteiger partial charge in [-0.15, -0.1) is 0 Å². The highest BCUT2D eigenvalue weighted by molar-refractivity contribution is 6.39. The normalized spacial score (nSPS) is 11.0. The fraction of sp³-hybridized carbons (Fsp3) is 0.412. The molecule has 0 unspecified atom stereocenters. The monoisotopic (exact) mass is 754 g/mol. The van der Waals surface area contributed by atoms with E-state index in [0.29, 0.717) is 11.5 Å². The quantitative estimate of drug-likeness (QED) is 0.0244. The average Bonchev–Trinajstić information content (AvgIpc) is 3.22. The van der Waals surface area contributed by atoms with Crippen LogP contribution in [0, 0.1) is 6.07 Å². The third kappa shape index (κ3) is 18.4. The van der Waals surface area contributed by atoms with Gasteiger partial charge < -0.3 is 18.4 Å². The smallest absolute Gasteiger partial charge is 0.490 e. The van der Waals surface area contributed by atoms with Crippen LogP contribution in [0.15, 0.2) is 140 Å². The molecule has 0 radical (unpaired) electrons. The van der Waals surface area contributed by atoms with Gasteiger partial charge in [-0.05, 0) is 48.7 Å². The Morgan fingerprint density at radius 2 is 0.875 bits per heavy atom. The topological polar surface area (TPSA) is 27.7 Å². The number of para-hydroxylation sites is 3. The molecule has 0 heterocycles. The van der Waals surface area contributed by atoms with Crippen LogP contribution in [0.5, 0.6) is 17.2 Å². The third-order valence-electron chi connectivity index (χ3n) is 10.2. The molecular weight excluding hydrogens is 685 g/mol. The zero-order valence-electron chi connectivity index (χ0n) is 34.8. The lowest BCUT2D eigenvalue weighted by atomic mass is 9.97. The molecule has 56 heavy (non-hydrogen) atoms. The van der Waals surface area contributed by atoms with Crippen LogP contribution in [0.2, 0.25) is 0 Å². The second kappa shape index (κ2) is 27.2. The van der Waals surface area contributed by atoms with Gasteiger partial charge in [-0.2, -0.15) is 36.4 Å². The summed E-state index contributed by atoms with van der Waals surface area (Å²) in [5.74, 6) is 2.08. The van der Waals surface area contributed by atoms with Crippen LogP contribution in [-0.2, 0) is 6.54 Å². The van der Waals surface area contributed by atoms with Crippen LogP contribution in [0.1, 0.15) is 115 Å². The Kier molecular flexibility index (Phi) is 21.5. The van der Waals surface area contributed by atoms with E-state index >= 15 is 0 Å². The Hall–Kier alpha value is -4.48. The van der Waals surface area contributed by atoms with Crippen LogP contribution in [0.4, 0.5) is 0 Å². The number of unbranched alkanes of at least 4 members (excludes halogenated alkanes) is 15. The highest BCUT2D eigenvalue weighted by Crippen LogP contribution is 2.34. The van der Waals surface area contributed by atoms with Crippen molar-refractivity contribution in [3.8, 4) is 28.4 Å². The molecule has 0 saturated carbocycles. The number of hydrogen-bond donors (Lipinski definition) is 0. The molecule has 5 aromatic rings. The van der Waals surface area contributed by atoms with Crippen molar-refractivity contribution in [2.75, 3.05) is 20.6 Å². The van der Waals surface area contributed by atoms with Gasteiger partial charge in [0.05, 0.1) is 20.6 Å². The molecule has 0 aliphatic carbocycles. The van der Waals surface area contributed by atoms with E-state index in [2.05, 4.69) is 63.5 Å². The predicted molar refractivity (Wildman–Crippen MR) is 238 cm³/mol. The van der Waals surface area contributed by atoms with Gasteiger partial charge in [0.2, 0.25) is 0 Å². The molecule has 4 nitrogen and oxygen atoms in total. The van der Waals surface area contributed by atoms with E-state index < -0.39 is 7.32 Å². The number of hydrogen-bond acceptors (Lipinski definition) is 3. The predicted octanol–water partition coefficient (Wildman–Crippen LogP) is 14.2. The van der Waals surface area contributed by atoms with Crippen LogP contribution in [0.25, 0.3) is 11.1 Å². The summed E-state index contributed by atoms with van der Waals surface area (Å²) in [4.78, 5) is 0. The first kappa shape index (κ1) is 44.2. The summed E-state index contributed by atoms with van der Waals surface area (Å²) in [6.45, 7) is 4.42. The summed E-state index contributed by atoms with van der Waals surface area (Å²) < 4.78 is 19.9. The summed E-state index contributed by atoms with van der Waals surface area (Å²) in [5.41, 5.74) is 3.53. The highest BCUT2D eigenvalue weighted by atomic mass is 16.7. The molecule has 5 aromatic carbocycles. The standard InChI is InChI=1S/C45H63BNO3.C6H5/c1-4-5-6-7-8-9-10-11-12-13-14-15-16-17-18-29-38-47(2,3)39-40-30-25-26-35-43(40)44-36-27-28-37-45(44)50-46(48-41-31-21-19-22-32-41)49-42-33-23-20-24-34-42;1-2-4-6-5-3-1/h19-28,30-37H,4-18,29,38-39H2,1-3H3;1-5H/q+1;-1. The van der Waals surface area contributed by atoms with Crippen LogP contribution < -0.4 is 14.0 Å². The van der Waals surface area contributed by atoms with E-state index in [1.807, 2.05) is 103 Å². The summed E-state index contributed by atoms with van der Waals surface area (Å²) in [7, 11) is 3.76. The van der Waals surface area contributed by atoms with Crippen molar-refractivity contribution in [3.05, 3.63) is 151 Å². The number of quaternary nitrogens is 1. The maximum absolute atomic E-state index is 6.51. The van der Waals surface area contributed by atoms with E-state index in [1.165, 1.54) is 120 Å². The molecule has 5 rings (SSSR count). The summed E-state index contributed by atoms with van der Waals surface area (Å²) in [6.07, 6.45) is 22.4. The Labute approximate surface area is 341 Å². The van der Waals surface area contributed by atoms with Gasteiger partial charge in [-0.3, -0.25) is 0 Å². The largest absolute Gasteiger partial charge is 0.864 e. The zero-order chi connectivity index (χ0) is 39.4. The SMILES string of the molecule is CCCCCCCCCCCCCCCCCC[N+](C)(C)Cc1ccccc1-c1ccccc1OB(Oc1ccccc1)Oc1ccccc1.[c-]1ccccc1. The minimum Gasteiger partial charge on any atom is -0.490 e. The second-order valence-electron chi connectivity index (χ2n) is 15.6. The molecule has 0 N–H and O–H groups in total. The van der Waals surface area contributed by atoms with Crippen molar-refractivity contribution in [1.82, 2.24) is 0 Å². The van der Waals surface area contributed by atoms with E-state index in [1.54, 1.807) is 0 Å². The lowest BCUT2D eigenvalue weighted by Gasteiger charge is -2.31. The van der Waals surface area contributed by atoms with Crippen molar-refractivity contribution in [2.24, 2.45) is 0 Å². The summed E-state index contributed by atoms with van der Waals surface area (Å²) in [5, 5.41) is 0. The first-order valence-electron chi connectivity index (χ1n) is 21.5. The number of benzene rings is 5. The van der Waals surface area contributed by atoms with E-state index in [9.17, 15) is 0 Å². The van der Waals surface area contributed by atoms with Gasteiger partial charge in [0.15, 0.2) is 0 Å². The molecule has 0 bridgehead atoms. The van der Waals surface area contributed by atoms with Crippen LogP contribution in [-0.4, -0.2) is 32.4 Å².